The highest BCUT2D eigenvalue weighted by molar-refractivity contribution is 5.84. The van der Waals surface area contributed by atoms with Crippen LogP contribution in [0.5, 0.6) is 5.75 Å². The van der Waals surface area contributed by atoms with Gasteiger partial charge in [0.2, 0.25) is 5.91 Å². The molecule has 1 fully saturated rings. The van der Waals surface area contributed by atoms with Crippen LogP contribution in [0, 0.1) is 0 Å². The van der Waals surface area contributed by atoms with Crippen molar-refractivity contribution < 1.29 is 9.53 Å². The second-order valence-corrected chi connectivity index (χ2v) is 5.87. The van der Waals surface area contributed by atoms with E-state index in [4.69, 9.17) is 4.74 Å². The number of nitrogens with one attached hydrogen (secondary N) is 3. The number of hydrogen-bond donors (Lipinski definition) is 3. The van der Waals surface area contributed by atoms with Crippen molar-refractivity contribution in [3.63, 3.8) is 0 Å². The summed E-state index contributed by atoms with van der Waals surface area (Å²) in [6.45, 7) is 5.81. The Bertz CT molecular complexity index is 515. The number of anilines is 2. The van der Waals surface area contributed by atoms with Crippen molar-refractivity contribution in [2.45, 2.75) is 25.8 Å². The summed E-state index contributed by atoms with van der Waals surface area (Å²) in [6, 6.07) is 5.46. The van der Waals surface area contributed by atoms with E-state index in [0.29, 0.717) is 6.54 Å². The molecule has 0 bridgehead atoms. The molecule has 3 N–H and O–H groups in total. The molecule has 2 rings (SSSR count). The van der Waals surface area contributed by atoms with Gasteiger partial charge in [0.1, 0.15) is 11.8 Å². The molecule has 1 aromatic rings. The Balaban J connectivity index is 1.80. The molecular formula is C17H28N4O2. The van der Waals surface area contributed by atoms with Crippen LogP contribution >= 0.6 is 0 Å². The van der Waals surface area contributed by atoms with E-state index in [1.807, 2.05) is 32.2 Å². The summed E-state index contributed by atoms with van der Waals surface area (Å²) in [5.41, 5.74) is 1.78. The molecule has 1 atom stereocenters. The number of nitrogens with zero attached hydrogens (tertiary/aromatic N) is 1. The maximum Gasteiger partial charge on any atom is 0.242 e. The minimum absolute atomic E-state index is 0.0147. The third kappa shape index (κ3) is 5.03. The van der Waals surface area contributed by atoms with Gasteiger partial charge in [0.15, 0.2) is 0 Å². The zero-order valence-corrected chi connectivity index (χ0v) is 14.3. The minimum atomic E-state index is -0.293. The summed E-state index contributed by atoms with van der Waals surface area (Å²) in [7, 11) is 3.48. The molecule has 128 valence electrons. The van der Waals surface area contributed by atoms with Crippen LogP contribution in [0.1, 0.15) is 19.8 Å². The first-order valence-electron chi connectivity index (χ1n) is 8.26. The molecule has 1 saturated heterocycles. The SMILES string of the molecule is CNc1ccc(N[C@@H](C)C(=O)NCCN2CCCC2)cc1OC. The van der Waals surface area contributed by atoms with Gasteiger partial charge in [0.25, 0.3) is 0 Å². The zero-order chi connectivity index (χ0) is 16.7. The Morgan fingerprint density at radius 3 is 2.74 bits per heavy atom. The Morgan fingerprint density at radius 2 is 2.09 bits per heavy atom. The third-order valence-electron chi connectivity index (χ3n) is 4.17. The van der Waals surface area contributed by atoms with Crippen LogP contribution in [-0.2, 0) is 4.79 Å². The fourth-order valence-electron chi connectivity index (χ4n) is 2.80. The van der Waals surface area contributed by atoms with Crippen LogP contribution in [0.2, 0.25) is 0 Å². The maximum atomic E-state index is 12.2. The van der Waals surface area contributed by atoms with Gasteiger partial charge in [0.05, 0.1) is 12.8 Å². The summed E-state index contributed by atoms with van der Waals surface area (Å²) in [6.07, 6.45) is 2.55. The fourth-order valence-corrected chi connectivity index (χ4v) is 2.80. The van der Waals surface area contributed by atoms with Crippen molar-refractivity contribution in [3.8, 4) is 5.75 Å². The van der Waals surface area contributed by atoms with Gasteiger partial charge in [-0.2, -0.15) is 0 Å². The molecule has 0 saturated carbocycles. The van der Waals surface area contributed by atoms with Crippen LogP contribution in [0.15, 0.2) is 18.2 Å². The van der Waals surface area contributed by atoms with Crippen LogP contribution in [0.4, 0.5) is 11.4 Å². The Morgan fingerprint density at radius 1 is 1.35 bits per heavy atom. The average molecular weight is 320 g/mol. The number of likely N-dealkylation sites (tertiary alicyclic amines) is 1. The number of carbonyl (C=O) groups excluding carboxylic acids is 1. The van der Waals surface area contributed by atoms with Crippen LogP contribution in [0.3, 0.4) is 0 Å². The lowest BCUT2D eigenvalue weighted by atomic mass is 10.2. The van der Waals surface area contributed by atoms with Crippen molar-refractivity contribution in [1.29, 1.82) is 0 Å². The number of carbonyl (C=O) groups is 1. The van der Waals surface area contributed by atoms with E-state index in [2.05, 4.69) is 20.9 Å². The molecular weight excluding hydrogens is 292 g/mol. The molecule has 1 aliphatic rings. The summed E-state index contributed by atoms with van der Waals surface area (Å²) in [5, 5.41) is 9.27. The van der Waals surface area contributed by atoms with Crippen molar-refractivity contribution in [2.75, 3.05) is 51.0 Å². The third-order valence-corrected chi connectivity index (χ3v) is 4.17. The Kier molecular flexibility index (Phi) is 6.52. The highest BCUT2D eigenvalue weighted by Gasteiger charge is 2.15. The van der Waals surface area contributed by atoms with E-state index in [9.17, 15) is 4.79 Å². The predicted octanol–water partition coefficient (Wildman–Crippen LogP) is 1.75. The summed E-state index contributed by atoms with van der Waals surface area (Å²) in [5.74, 6) is 0.764. The topological polar surface area (TPSA) is 65.6 Å². The number of methoxy groups -OCH3 is 1. The molecule has 23 heavy (non-hydrogen) atoms. The highest BCUT2D eigenvalue weighted by atomic mass is 16.5. The number of amides is 1. The van der Waals surface area contributed by atoms with Crippen LogP contribution in [-0.4, -0.2) is 57.2 Å². The Labute approximate surface area is 138 Å². The molecule has 6 heteroatoms. The van der Waals surface area contributed by atoms with E-state index in [1.165, 1.54) is 12.8 Å². The molecule has 0 radical (unpaired) electrons. The zero-order valence-electron chi connectivity index (χ0n) is 14.3. The first-order valence-corrected chi connectivity index (χ1v) is 8.26. The number of rotatable bonds is 8. The normalized spacial score (nSPS) is 16.0. The average Bonchev–Trinajstić information content (AvgIpc) is 3.07. The summed E-state index contributed by atoms with van der Waals surface area (Å²) >= 11 is 0. The fraction of sp³-hybridized carbons (Fsp3) is 0.588. The Hall–Kier alpha value is -1.95. The smallest absolute Gasteiger partial charge is 0.242 e. The van der Waals surface area contributed by atoms with E-state index < -0.39 is 0 Å². The predicted molar refractivity (Wildman–Crippen MR) is 94.3 cm³/mol. The lowest BCUT2D eigenvalue weighted by Crippen LogP contribution is -2.41. The van der Waals surface area contributed by atoms with Gasteiger partial charge >= 0.3 is 0 Å². The second-order valence-electron chi connectivity index (χ2n) is 5.87. The van der Waals surface area contributed by atoms with Gasteiger partial charge in [0, 0.05) is 31.9 Å². The van der Waals surface area contributed by atoms with Crippen molar-refractivity contribution in [1.82, 2.24) is 10.2 Å². The van der Waals surface area contributed by atoms with E-state index in [-0.39, 0.29) is 11.9 Å². The van der Waals surface area contributed by atoms with E-state index in [0.717, 1.165) is 36.8 Å². The lowest BCUT2D eigenvalue weighted by molar-refractivity contribution is -0.121. The highest BCUT2D eigenvalue weighted by Crippen LogP contribution is 2.27. The number of ether oxygens (including phenoxy) is 1. The number of hydrogen-bond acceptors (Lipinski definition) is 5. The monoisotopic (exact) mass is 320 g/mol. The quantitative estimate of drug-likeness (QED) is 0.681. The van der Waals surface area contributed by atoms with Crippen LogP contribution in [0.25, 0.3) is 0 Å². The molecule has 0 spiro atoms. The van der Waals surface area contributed by atoms with Gasteiger partial charge in [-0.15, -0.1) is 0 Å². The van der Waals surface area contributed by atoms with Crippen molar-refractivity contribution in [2.24, 2.45) is 0 Å². The van der Waals surface area contributed by atoms with Crippen molar-refractivity contribution >= 4 is 17.3 Å². The summed E-state index contributed by atoms with van der Waals surface area (Å²) < 4.78 is 5.33. The lowest BCUT2D eigenvalue weighted by Gasteiger charge is -2.19. The minimum Gasteiger partial charge on any atom is -0.495 e. The first-order chi connectivity index (χ1) is 11.1. The van der Waals surface area contributed by atoms with E-state index in [1.54, 1.807) is 7.11 Å². The largest absolute Gasteiger partial charge is 0.495 e. The van der Waals surface area contributed by atoms with E-state index >= 15 is 0 Å². The van der Waals surface area contributed by atoms with Crippen molar-refractivity contribution in [3.05, 3.63) is 18.2 Å². The molecule has 6 nitrogen and oxygen atoms in total. The number of benzene rings is 1. The van der Waals surface area contributed by atoms with Gasteiger partial charge in [-0.25, -0.2) is 0 Å². The molecule has 0 aromatic heterocycles. The van der Waals surface area contributed by atoms with Gasteiger partial charge in [-0.1, -0.05) is 0 Å². The van der Waals surface area contributed by atoms with Gasteiger partial charge < -0.3 is 25.6 Å². The molecule has 1 aromatic carbocycles. The summed E-state index contributed by atoms with van der Waals surface area (Å²) in [4.78, 5) is 14.6. The van der Waals surface area contributed by atoms with Gasteiger partial charge in [-0.05, 0) is 45.0 Å². The molecule has 0 unspecified atom stereocenters. The standard InChI is InChI=1S/C17H28N4O2/c1-13(17(22)19-8-11-21-9-4-5-10-21)20-14-6-7-15(18-2)16(12-14)23-3/h6-7,12-13,18,20H,4-5,8-11H2,1-3H3,(H,19,22)/t13-/m0/s1. The molecule has 1 aliphatic heterocycles. The second kappa shape index (κ2) is 8.62. The molecule has 1 amide bonds. The van der Waals surface area contributed by atoms with Crippen LogP contribution < -0.4 is 20.7 Å². The van der Waals surface area contributed by atoms with Gasteiger partial charge in [-0.3, -0.25) is 4.79 Å². The maximum absolute atomic E-state index is 12.2. The molecule has 0 aliphatic carbocycles. The molecule has 1 heterocycles. The first kappa shape index (κ1) is 17.4.